The zero-order valence-electron chi connectivity index (χ0n) is 26.2. The molecule has 0 bridgehead atoms. The van der Waals surface area contributed by atoms with Crippen molar-refractivity contribution in [2.75, 3.05) is 0 Å². The number of rotatable bonds is 3. The van der Waals surface area contributed by atoms with E-state index in [9.17, 15) is 5.26 Å². The van der Waals surface area contributed by atoms with Gasteiger partial charge in [0, 0.05) is 21.5 Å². The lowest BCUT2D eigenvalue weighted by molar-refractivity contribution is 1.12. The van der Waals surface area contributed by atoms with Crippen molar-refractivity contribution < 1.29 is 0 Å². The van der Waals surface area contributed by atoms with E-state index in [2.05, 4.69) is 139 Å². The van der Waals surface area contributed by atoms with E-state index in [1.165, 1.54) is 27.9 Å². The minimum atomic E-state index is 0.524. The summed E-state index contributed by atoms with van der Waals surface area (Å²) in [5.74, 6) is 0. The van der Waals surface area contributed by atoms with Crippen LogP contribution in [0.2, 0.25) is 0 Å². The molecule has 0 radical (unpaired) electrons. The van der Waals surface area contributed by atoms with E-state index in [1.54, 1.807) is 12.1 Å². The maximum Gasteiger partial charge on any atom is 0.195 e. The van der Waals surface area contributed by atoms with E-state index in [0.29, 0.717) is 11.3 Å². The van der Waals surface area contributed by atoms with Crippen LogP contribution in [0, 0.1) is 45.6 Å². The maximum absolute atomic E-state index is 9.96. The summed E-state index contributed by atoms with van der Waals surface area (Å²) in [6.45, 7) is 16.8. The quantitative estimate of drug-likeness (QED) is 0.189. The average molecular weight is 591 g/mol. The van der Waals surface area contributed by atoms with E-state index in [-0.39, 0.29) is 0 Å². The molecule has 0 spiro atoms. The Kier molecular flexibility index (Phi) is 6.11. The summed E-state index contributed by atoms with van der Waals surface area (Å²) < 4.78 is 4.84. The topological polar surface area (TPSA) is 38.0 Å². The van der Waals surface area contributed by atoms with Crippen molar-refractivity contribution in [3.8, 4) is 28.6 Å². The number of hydrogen-bond donors (Lipinski definition) is 0. The smallest absolute Gasteiger partial charge is 0.195 e. The van der Waals surface area contributed by atoms with Crippen LogP contribution < -0.4 is 0 Å². The van der Waals surface area contributed by atoms with Crippen LogP contribution in [0.3, 0.4) is 0 Å². The van der Waals surface area contributed by atoms with Crippen LogP contribution in [-0.4, -0.2) is 9.13 Å². The highest BCUT2D eigenvalue weighted by Gasteiger charge is 2.26. The first-order chi connectivity index (χ1) is 22.4. The summed E-state index contributed by atoms with van der Waals surface area (Å²) in [6, 6.07) is 40.1. The molecule has 0 saturated carbocycles. The Bertz CT molecular complexity index is 2610. The van der Waals surface area contributed by atoms with Gasteiger partial charge in [-0.3, -0.25) is 0 Å². The van der Waals surface area contributed by atoms with Crippen LogP contribution in [0.4, 0.5) is 5.69 Å². The Morgan fingerprint density at radius 2 is 1.11 bits per heavy atom. The van der Waals surface area contributed by atoms with Gasteiger partial charge in [-0.1, -0.05) is 84.9 Å². The zero-order valence-corrected chi connectivity index (χ0v) is 26.2. The largest absolute Gasteiger partial charge is 0.308 e. The van der Waals surface area contributed by atoms with Crippen molar-refractivity contribution in [2.24, 2.45) is 0 Å². The van der Waals surface area contributed by atoms with Gasteiger partial charge in [-0.15, -0.1) is 0 Å². The van der Waals surface area contributed by atoms with Crippen LogP contribution in [0.25, 0.3) is 71.0 Å². The lowest BCUT2D eigenvalue weighted by atomic mass is 9.95. The Balaban J connectivity index is 1.74. The monoisotopic (exact) mass is 590 g/mol. The summed E-state index contributed by atoms with van der Waals surface area (Å²) in [7, 11) is 0. The summed E-state index contributed by atoms with van der Waals surface area (Å²) in [5, 5.41) is 14.5. The standard InChI is InChI=1S/C42H30N4/c1-25-12-10-13-26(2)39(25)45-36-18-8-6-16-30(36)33-23-34(32-22-29(24-43)20-21-35(32)44-5)42-38(41(33)45)31-17-7-9-19-37(31)46(42)40-27(3)14-11-15-28(40)4/h6-23H,1-4H3. The van der Waals surface area contributed by atoms with Crippen molar-refractivity contribution >= 4 is 49.3 Å². The number of benzene rings is 6. The van der Waals surface area contributed by atoms with E-state index in [0.717, 1.165) is 60.4 Å². The number of nitrogens with zero attached hydrogens (tertiary/aromatic N) is 4. The molecule has 0 atom stereocenters. The third kappa shape index (κ3) is 3.78. The molecule has 218 valence electrons. The molecule has 0 unspecified atom stereocenters. The van der Waals surface area contributed by atoms with Crippen LogP contribution in [0.1, 0.15) is 27.8 Å². The number of aryl methyl sites for hydroxylation is 4. The second-order valence-corrected chi connectivity index (χ2v) is 12.2. The first-order valence-corrected chi connectivity index (χ1v) is 15.5. The summed E-state index contributed by atoms with van der Waals surface area (Å²) >= 11 is 0. The molecule has 6 aromatic carbocycles. The first-order valence-electron chi connectivity index (χ1n) is 15.5. The predicted octanol–water partition coefficient (Wildman–Crippen LogP) is 11.2. The molecule has 2 heterocycles. The van der Waals surface area contributed by atoms with Gasteiger partial charge >= 0.3 is 0 Å². The van der Waals surface area contributed by atoms with Crippen molar-refractivity contribution in [1.82, 2.24) is 9.13 Å². The number of fused-ring (bicyclic) bond motifs is 7. The molecule has 0 amide bonds. The third-order valence-corrected chi connectivity index (χ3v) is 9.43. The molecule has 0 aliphatic heterocycles. The van der Waals surface area contributed by atoms with Gasteiger partial charge < -0.3 is 9.13 Å². The van der Waals surface area contributed by atoms with Crippen molar-refractivity contribution in [1.29, 1.82) is 5.26 Å². The van der Waals surface area contributed by atoms with Crippen LogP contribution >= 0.6 is 0 Å². The molecular formula is C42H30N4. The summed E-state index contributed by atoms with van der Waals surface area (Å²) in [6.07, 6.45) is 0. The molecule has 2 aromatic heterocycles. The minimum Gasteiger partial charge on any atom is -0.308 e. The molecule has 0 fully saturated rings. The Labute approximate surface area is 267 Å². The van der Waals surface area contributed by atoms with Gasteiger partial charge in [0.05, 0.1) is 51.6 Å². The Morgan fingerprint density at radius 3 is 1.70 bits per heavy atom. The second kappa shape index (κ2) is 10.2. The Hall–Kier alpha value is -6.10. The molecule has 46 heavy (non-hydrogen) atoms. The average Bonchev–Trinajstić information content (AvgIpc) is 3.57. The zero-order chi connectivity index (χ0) is 31.7. The molecular weight excluding hydrogens is 560 g/mol. The Morgan fingerprint density at radius 1 is 0.565 bits per heavy atom. The molecule has 0 saturated heterocycles. The summed E-state index contributed by atoms with van der Waals surface area (Å²) in [4.78, 5) is 3.97. The number of nitriles is 1. The van der Waals surface area contributed by atoms with Gasteiger partial charge in [0.15, 0.2) is 5.69 Å². The fraction of sp³-hybridized carbons (Fsp3) is 0.0952. The molecule has 8 rings (SSSR count). The molecule has 4 nitrogen and oxygen atoms in total. The SMILES string of the molecule is [C-]#[N+]c1ccc(C#N)cc1-c1cc2c3ccccc3n(-c3c(C)cccc3C)c2c2c3ccccc3n(-c3c(C)cccc3C)c12. The van der Waals surface area contributed by atoms with E-state index in [1.807, 2.05) is 6.07 Å². The lowest BCUT2D eigenvalue weighted by Crippen LogP contribution is -2.02. The van der Waals surface area contributed by atoms with Gasteiger partial charge in [-0.25, -0.2) is 4.85 Å². The lowest BCUT2D eigenvalue weighted by Gasteiger charge is -2.18. The minimum absolute atomic E-state index is 0.524. The van der Waals surface area contributed by atoms with Gasteiger partial charge in [-0.05, 0) is 85.3 Å². The van der Waals surface area contributed by atoms with Gasteiger partial charge in [-0.2, -0.15) is 5.26 Å². The second-order valence-electron chi connectivity index (χ2n) is 12.2. The van der Waals surface area contributed by atoms with E-state index in [4.69, 9.17) is 6.57 Å². The normalized spacial score (nSPS) is 11.4. The van der Waals surface area contributed by atoms with Crippen LogP contribution in [0.5, 0.6) is 0 Å². The van der Waals surface area contributed by atoms with Crippen LogP contribution in [-0.2, 0) is 0 Å². The maximum atomic E-state index is 9.96. The highest BCUT2D eigenvalue weighted by molar-refractivity contribution is 6.29. The first kappa shape index (κ1) is 27.4. The summed E-state index contributed by atoms with van der Waals surface area (Å²) in [5.41, 5.74) is 14.2. The molecule has 4 heteroatoms. The van der Waals surface area contributed by atoms with Gasteiger partial charge in [0.1, 0.15) is 0 Å². The van der Waals surface area contributed by atoms with Gasteiger partial charge in [0.2, 0.25) is 0 Å². The molecule has 0 N–H and O–H groups in total. The molecule has 0 aliphatic rings. The third-order valence-electron chi connectivity index (χ3n) is 9.43. The fourth-order valence-corrected chi connectivity index (χ4v) is 7.51. The number of hydrogen-bond acceptors (Lipinski definition) is 1. The highest BCUT2D eigenvalue weighted by atomic mass is 15.0. The van der Waals surface area contributed by atoms with Crippen molar-refractivity contribution in [2.45, 2.75) is 27.7 Å². The fourth-order valence-electron chi connectivity index (χ4n) is 7.51. The van der Waals surface area contributed by atoms with Crippen molar-refractivity contribution in [3.05, 3.63) is 148 Å². The highest BCUT2D eigenvalue weighted by Crippen LogP contribution is 2.48. The van der Waals surface area contributed by atoms with Crippen molar-refractivity contribution in [3.63, 3.8) is 0 Å². The number of aromatic nitrogens is 2. The number of para-hydroxylation sites is 4. The predicted molar refractivity (Wildman–Crippen MR) is 190 cm³/mol. The molecule has 8 aromatic rings. The van der Waals surface area contributed by atoms with Crippen LogP contribution in [0.15, 0.2) is 109 Å². The van der Waals surface area contributed by atoms with E-state index >= 15 is 0 Å². The van der Waals surface area contributed by atoms with E-state index < -0.39 is 0 Å². The van der Waals surface area contributed by atoms with Gasteiger partial charge in [0.25, 0.3) is 0 Å². The molecule has 0 aliphatic carbocycles.